The van der Waals surface area contributed by atoms with E-state index in [1.54, 1.807) is 0 Å². The standard InChI is InChI=1S/C9H12O.CH4O/c1-8-2-4-9(5-3-8)6-7-10;1-2/h2-5,10H,6-7H2,1H3;2H,1H3. The van der Waals surface area contributed by atoms with E-state index in [4.69, 9.17) is 10.2 Å². The maximum absolute atomic E-state index is 8.59. The first-order valence-corrected chi connectivity index (χ1v) is 3.94. The first-order chi connectivity index (χ1) is 5.83. The molecular formula is C10H16O2. The molecule has 0 radical (unpaired) electrons. The van der Waals surface area contributed by atoms with Crippen LogP contribution in [0.25, 0.3) is 0 Å². The van der Waals surface area contributed by atoms with Gasteiger partial charge in [-0.25, -0.2) is 0 Å². The van der Waals surface area contributed by atoms with E-state index in [-0.39, 0.29) is 6.61 Å². The molecule has 1 rings (SSSR count). The summed E-state index contributed by atoms with van der Waals surface area (Å²) in [7, 11) is 1.00. The summed E-state index contributed by atoms with van der Waals surface area (Å²) < 4.78 is 0. The molecule has 0 amide bonds. The minimum Gasteiger partial charge on any atom is -0.400 e. The minimum atomic E-state index is 0.239. The van der Waals surface area contributed by atoms with Crippen LogP contribution in [0.15, 0.2) is 24.3 Å². The maximum Gasteiger partial charge on any atom is 0.0471 e. The van der Waals surface area contributed by atoms with E-state index < -0.39 is 0 Å². The van der Waals surface area contributed by atoms with Crippen molar-refractivity contribution in [3.05, 3.63) is 35.4 Å². The molecule has 0 unspecified atom stereocenters. The Balaban J connectivity index is 0.000000561. The molecule has 2 nitrogen and oxygen atoms in total. The summed E-state index contributed by atoms with van der Waals surface area (Å²) in [6.45, 7) is 2.30. The van der Waals surface area contributed by atoms with Crippen molar-refractivity contribution in [3.8, 4) is 0 Å². The van der Waals surface area contributed by atoms with E-state index in [0.717, 1.165) is 13.5 Å². The Labute approximate surface area is 73.5 Å². The number of hydrogen-bond acceptors (Lipinski definition) is 2. The molecule has 1 aromatic rings. The topological polar surface area (TPSA) is 40.5 Å². The van der Waals surface area contributed by atoms with Crippen LogP contribution in [0.4, 0.5) is 0 Å². The molecule has 2 heteroatoms. The van der Waals surface area contributed by atoms with Gasteiger partial charge in [0.25, 0.3) is 0 Å². The van der Waals surface area contributed by atoms with Crippen molar-refractivity contribution in [3.63, 3.8) is 0 Å². The molecular weight excluding hydrogens is 152 g/mol. The molecule has 0 atom stereocenters. The Hall–Kier alpha value is -0.860. The summed E-state index contributed by atoms with van der Waals surface area (Å²) in [4.78, 5) is 0. The van der Waals surface area contributed by atoms with Crippen LogP contribution in [-0.2, 0) is 6.42 Å². The second-order valence-electron chi connectivity index (χ2n) is 2.46. The van der Waals surface area contributed by atoms with Crippen LogP contribution in [0.5, 0.6) is 0 Å². The van der Waals surface area contributed by atoms with Crippen LogP contribution >= 0.6 is 0 Å². The zero-order chi connectivity index (χ0) is 9.40. The third-order valence-electron chi connectivity index (χ3n) is 1.52. The van der Waals surface area contributed by atoms with Crippen LogP contribution in [0.3, 0.4) is 0 Å². The van der Waals surface area contributed by atoms with Gasteiger partial charge >= 0.3 is 0 Å². The molecule has 0 saturated carbocycles. The van der Waals surface area contributed by atoms with E-state index in [0.29, 0.717) is 0 Å². The van der Waals surface area contributed by atoms with Crippen molar-refractivity contribution in [1.29, 1.82) is 0 Å². The second kappa shape index (κ2) is 6.83. The van der Waals surface area contributed by atoms with Gasteiger partial charge in [0, 0.05) is 13.7 Å². The number of aliphatic hydroxyl groups excluding tert-OH is 2. The molecule has 0 heterocycles. The van der Waals surface area contributed by atoms with Gasteiger partial charge in [0.1, 0.15) is 0 Å². The molecule has 12 heavy (non-hydrogen) atoms. The predicted octanol–water partition coefficient (Wildman–Crippen LogP) is 1.14. The summed E-state index contributed by atoms with van der Waals surface area (Å²) in [6.07, 6.45) is 0.764. The number of aryl methyl sites for hydroxylation is 1. The van der Waals surface area contributed by atoms with E-state index in [1.807, 2.05) is 12.1 Å². The Bertz CT molecular complexity index is 191. The van der Waals surface area contributed by atoms with Crippen molar-refractivity contribution in [2.75, 3.05) is 13.7 Å². The smallest absolute Gasteiger partial charge is 0.0471 e. The third kappa shape index (κ3) is 4.11. The molecule has 0 bridgehead atoms. The summed E-state index contributed by atoms with van der Waals surface area (Å²) in [5.74, 6) is 0. The lowest BCUT2D eigenvalue weighted by Crippen LogP contribution is -1.89. The molecule has 1 aromatic carbocycles. The Morgan fingerprint density at radius 3 is 2.00 bits per heavy atom. The fourth-order valence-electron chi connectivity index (χ4n) is 0.884. The Kier molecular flexibility index (Phi) is 6.34. The lowest BCUT2D eigenvalue weighted by molar-refractivity contribution is 0.299. The van der Waals surface area contributed by atoms with Crippen LogP contribution in [0.2, 0.25) is 0 Å². The first-order valence-electron chi connectivity index (χ1n) is 3.94. The summed E-state index contributed by atoms with van der Waals surface area (Å²) in [5, 5.41) is 15.6. The summed E-state index contributed by atoms with van der Waals surface area (Å²) in [5.41, 5.74) is 2.47. The Morgan fingerprint density at radius 1 is 1.08 bits per heavy atom. The third-order valence-corrected chi connectivity index (χ3v) is 1.52. The molecule has 2 N–H and O–H groups in total. The van der Waals surface area contributed by atoms with Crippen LogP contribution in [0, 0.1) is 6.92 Å². The van der Waals surface area contributed by atoms with Gasteiger partial charge in [0.2, 0.25) is 0 Å². The largest absolute Gasteiger partial charge is 0.400 e. The van der Waals surface area contributed by atoms with Gasteiger partial charge in [-0.15, -0.1) is 0 Å². The van der Waals surface area contributed by atoms with Gasteiger partial charge in [-0.3, -0.25) is 0 Å². The molecule has 0 aliphatic carbocycles. The van der Waals surface area contributed by atoms with Gasteiger partial charge in [-0.2, -0.15) is 0 Å². The first kappa shape index (κ1) is 11.1. The molecule has 0 spiro atoms. The minimum absolute atomic E-state index is 0.239. The predicted molar refractivity (Wildman–Crippen MR) is 50.1 cm³/mol. The van der Waals surface area contributed by atoms with Gasteiger partial charge in [0.05, 0.1) is 0 Å². The number of aliphatic hydroxyl groups is 2. The van der Waals surface area contributed by atoms with Gasteiger partial charge < -0.3 is 10.2 Å². The zero-order valence-electron chi connectivity index (χ0n) is 7.62. The fourth-order valence-corrected chi connectivity index (χ4v) is 0.884. The normalized spacial score (nSPS) is 8.67. The van der Waals surface area contributed by atoms with E-state index in [1.165, 1.54) is 11.1 Å². The monoisotopic (exact) mass is 168 g/mol. The average Bonchev–Trinajstić information content (AvgIpc) is 2.13. The van der Waals surface area contributed by atoms with Crippen molar-refractivity contribution in [2.45, 2.75) is 13.3 Å². The quantitative estimate of drug-likeness (QED) is 0.695. The average molecular weight is 168 g/mol. The lowest BCUT2D eigenvalue weighted by atomic mass is 10.1. The zero-order valence-corrected chi connectivity index (χ0v) is 7.62. The molecule has 0 aliphatic heterocycles. The number of hydrogen-bond donors (Lipinski definition) is 2. The highest BCUT2D eigenvalue weighted by atomic mass is 16.3. The van der Waals surface area contributed by atoms with Crippen LogP contribution in [-0.4, -0.2) is 23.9 Å². The van der Waals surface area contributed by atoms with Crippen LogP contribution in [0.1, 0.15) is 11.1 Å². The van der Waals surface area contributed by atoms with Crippen molar-refractivity contribution < 1.29 is 10.2 Å². The van der Waals surface area contributed by atoms with Crippen LogP contribution < -0.4 is 0 Å². The summed E-state index contributed by atoms with van der Waals surface area (Å²) >= 11 is 0. The number of rotatable bonds is 2. The Morgan fingerprint density at radius 2 is 1.58 bits per heavy atom. The van der Waals surface area contributed by atoms with Crippen molar-refractivity contribution in [1.82, 2.24) is 0 Å². The second-order valence-corrected chi connectivity index (χ2v) is 2.46. The van der Waals surface area contributed by atoms with Crippen molar-refractivity contribution in [2.24, 2.45) is 0 Å². The van der Waals surface area contributed by atoms with Gasteiger partial charge in [-0.1, -0.05) is 29.8 Å². The number of benzene rings is 1. The van der Waals surface area contributed by atoms with Crippen molar-refractivity contribution >= 4 is 0 Å². The lowest BCUT2D eigenvalue weighted by Gasteiger charge is -1.96. The fraction of sp³-hybridized carbons (Fsp3) is 0.400. The molecule has 0 fully saturated rings. The highest BCUT2D eigenvalue weighted by Gasteiger charge is 1.88. The molecule has 0 aromatic heterocycles. The highest BCUT2D eigenvalue weighted by molar-refractivity contribution is 5.21. The van der Waals surface area contributed by atoms with Gasteiger partial charge in [-0.05, 0) is 18.9 Å². The van der Waals surface area contributed by atoms with Gasteiger partial charge in [0.15, 0.2) is 0 Å². The molecule has 0 saturated heterocycles. The molecule has 68 valence electrons. The molecule has 0 aliphatic rings. The van der Waals surface area contributed by atoms with E-state index in [9.17, 15) is 0 Å². The SMILES string of the molecule is CO.Cc1ccc(CCO)cc1. The maximum atomic E-state index is 8.59. The summed E-state index contributed by atoms with van der Waals surface area (Å²) in [6, 6.07) is 8.22. The van der Waals surface area contributed by atoms with E-state index >= 15 is 0 Å². The van der Waals surface area contributed by atoms with E-state index in [2.05, 4.69) is 19.1 Å². The highest BCUT2D eigenvalue weighted by Crippen LogP contribution is 2.02.